The normalized spacial score (nSPS) is 18.2. The van der Waals surface area contributed by atoms with E-state index in [4.69, 9.17) is 4.98 Å². The van der Waals surface area contributed by atoms with Gasteiger partial charge in [-0.05, 0) is 62.4 Å². The van der Waals surface area contributed by atoms with Crippen molar-refractivity contribution in [3.63, 3.8) is 0 Å². The lowest BCUT2D eigenvalue weighted by Gasteiger charge is -2.30. The molecule has 6 rings (SSSR count). The van der Waals surface area contributed by atoms with Gasteiger partial charge in [0.15, 0.2) is 11.2 Å². The van der Waals surface area contributed by atoms with Gasteiger partial charge >= 0.3 is 0 Å². The largest absolute Gasteiger partial charge is 0.308 e. The molecule has 4 aromatic rings. The number of nitrogens with one attached hydrogen (secondary N) is 1. The third kappa shape index (κ3) is 6.01. The summed E-state index contributed by atoms with van der Waals surface area (Å²) in [7, 11) is -7.50. The number of sulfonamides is 2. The van der Waals surface area contributed by atoms with E-state index < -0.39 is 20.0 Å². The van der Waals surface area contributed by atoms with Crippen molar-refractivity contribution in [1.82, 2.24) is 33.6 Å². The van der Waals surface area contributed by atoms with Gasteiger partial charge in [-0.1, -0.05) is 47.9 Å². The molecular weight excluding hydrogens is 590 g/mol. The summed E-state index contributed by atoms with van der Waals surface area (Å²) in [6, 6.07) is 13.5. The third-order valence-corrected chi connectivity index (χ3v) is 12.2. The summed E-state index contributed by atoms with van der Waals surface area (Å²) in [4.78, 5) is 20.5. The molecule has 0 aliphatic carbocycles. The third-order valence-electron chi connectivity index (χ3n) is 8.35. The Morgan fingerprint density at radius 1 is 0.791 bits per heavy atom. The predicted octanol–water partition coefficient (Wildman–Crippen LogP) is 3.00. The zero-order chi connectivity index (χ0) is 30.2. The zero-order valence-corrected chi connectivity index (χ0v) is 25.6. The average Bonchev–Trinajstić information content (AvgIpc) is 3.21. The SMILES string of the molecule is Cc1ccc(Cn2nnc3c(=O)[nH]c(C4CCN(S(=O)(=O)c5ccc(S(=O)(=O)N6CCCCCC6)cc5)CC4)nc32)cc1. The number of aromatic amines is 1. The lowest BCUT2D eigenvalue weighted by molar-refractivity contribution is 0.313. The minimum atomic E-state index is -3.83. The molecule has 14 heteroatoms. The molecule has 2 saturated heterocycles. The molecule has 0 unspecified atom stereocenters. The second kappa shape index (κ2) is 11.9. The molecule has 0 radical (unpaired) electrons. The molecule has 12 nitrogen and oxygen atoms in total. The summed E-state index contributed by atoms with van der Waals surface area (Å²) >= 11 is 0. The Morgan fingerprint density at radius 3 is 1.93 bits per heavy atom. The van der Waals surface area contributed by atoms with Crippen LogP contribution in [0.1, 0.15) is 61.4 Å². The van der Waals surface area contributed by atoms with E-state index in [9.17, 15) is 21.6 Å². The quantitative estimate of drug-likeness (QED) is 0.329. The minimum Gasteiger partial charge on any atom is -0.308 e. The second-order valence-electron chi connectivity index (χ2n) is 11.3. The maximum absolute atomic E-state index is 13.4. The lowest BCUT2D eigenvalue weighted by Crippen LogP contribution is -2.38. The van der Waals surface area contributed by atoms with Gasteiger partial charge < -0.3 is 4.98 Å². The molecule has 0 bridgehead atoms. The van der Waals surface area contributed by atoms with Crippen LogP contribution in [-0.4, -0.2) is 76.6 Å². The molecule has 0 amide bonds. The van der Waals surface area contributed by atoms with Gasteiger partial charge in [-0.25, -0.2) is 26.5 Å². The highest BCUT2D eigenvalue weighted by Gasteiger charge is 2.32. The van der Waals surface area contributed by atoms with Crippen molar-refractivity contribution in [1.29, 1.82) is 0 Å². The molecule has 228 valence electrons. The van der Waals surface area contributed by atoms with E-state index in [0.29, 0.717) is 43.9 Å². The van der Waals surface area contributed by atoms with Gasteiger partial charge in [-0.3, -0.25) is 4.79 Å². The van der Waals surface area contributed by atoms with Crippen LogP contribution in [0.25, 0.3) is 11.2 Å². The highest BCUT2D eigenvalue weighted by Crippen LogP contribution is 2.30. The average molecular weight is 626 g/mol. The van der Waals surface area contributed by atoms with Gasteiger partial charge in [0, 0.05) is 32.1 Å². The summed E-state index contributed by atoms with van der Waals surface area (Å²) in [6.07, 6.45) is 4.61. The van der Waals surface area contributed by atoms with E-state index in [1.165, 1.54) is 32.9 Å². The number of fused-ring (bicyclic) bond motifs is 1. The van der Waals surface area contributed by atoms with Crippen molar-refractivity contribution in [3.8, 4) is 0 Å². The summed E-state index contributed by atoms with van der Waals surface area (Å²) in [6.45, 7) is 3.87. The lowest BCUT2D eigenvalue weighted by atomic mass is 9.97. The van der Waals surface area contributed by atoms with Crippen LogP contribution >= 0.6 is 0 Å². The fourth-order valence-corrected chi connectivity index (χ4v) is 8.77. The van der Waals surface area contributed by atoms with E-state index in [1.807, 2.05) is 31.2 Å². The van der Waals surface area contributed by atoms with Crippen molar-refractivity contribution >= 4 is 31.2 Å². The van der Waals surface area contributed by atoms with Gasteiger partial charge in [-0.2, -0.15) is 8.61 Å². The molecule has 2 aromatic carbocycles. The van der Waals surface area contributed by atoms with E-state index in [0.717, 1.165) is 36.8 Å². The summed E-state index contributed by atoms with van der Waals surface area (Å²) in [5, 5.41) is 8.17. The smallest absolute Gasteiger partial charge is 0.281 e. The Kier molecular flexibility index (Phi) is 8.20. The van der Waals surface area contributed by atoms with Crippen LogP contribution < -0.4 is 5.56 Å². The zero-order valence-electron chi connectivity index (χ0n) is 24.0. The van der Waals surface area contributed by atoms with Crippen LogP contribution in [0, 0.1) is 6.92 Å². The number of hydrogen-bond acceptors (Lipinski definition) is 8. The molecule has 2 aliphatic heterocycles. The minimum absolute atomic E-state index is 0.0554. The fourth-order valence-electron chi connectivity index (χ4n) is 5.78. The first-order valence-electron chi connectivity index (χ1n) is 14.6. The van der Waals surface area contributed by atoms with E-state index in [-0.39, 0.29) is 39.9 Å². The molecule has 2 fully saturated rings. The number of nitrogens with zero attached hydrogens (tertiary/aromatic N) is 6. The van der Waals surface area contributed by atoms with Crippen molar-refractivity contribution in [3.05, 3.63) is 75.8 Å². The van der Waals surface area contributed by atoms with Crippen LogP contribution in [0.4, 0.5) is 0 Å². The molecule has 4 heterocycles. The van der Waals surface area contributed by atoms with Crippen LogP contribution in [0.15, 0.2) is 63.1 Å². The molecule has 43 heavy (non-hydrogen) atoms. The Balaban J connectivity index is 1.15. The predicted molar refractivity (Wildman–Crippen MR) is 161 cm³/mol. The van der Waals surface area contributed by atoms with Crippen molar-refractivity contribution in [2.24, 2.45) is 0 Å². The summed E-state index contributed by atoms with van der Waals surface area (Å²) < 4.78 is 57.6. The molecule has 2 aliphatic rings. The van der Waals surface area contributed by atoms with Crippen LogP contribution in [0.2, 0.25) is 0 Å². The van der Waals surface area contributed by atoms with Gasteiger partial charge in [0.2, 0.25) is 20.0 Å². The Morgan fingerprint density at radius 2 is 1.35 bits per heavy atom. The number of aryl methyl sites for hydroxylation is 1. The maximum atomic E-state index is 13.4. The fraction of sp³-hybridized carbons (Fsp3) is 0.448. The first-order valence-corrected chi connectivity index (χ1v) is 17.5. The summed E-state index contributed by atoms with van der Waals surface area (Å²) in [5.41, 5.74) is 2.33. The Labute approximate surface area is 250 Å². The molecule has 1 N–H and O–H groups in total. The van der Waals surface area contributed by atoms with Crippen LogP contribution in [-0.2, 0) is 26.6 Å². The van der Waals surface area contributed by atoms with Crippen molar-refractivity contribution in [2.45, 2.75) is 67.7 Å². The van der Waals surface area contributed by atoms with Crippen LogP contribution in [0.3, 0.4) is 0 Å². The van der Waals surface area contributed by atoms with E-state index in [2.05, 4.69) is 15.3 Å². The molecule has 2 aromatic heterocycles. The number of rotatable bonds is 7. The number of hydrogen-bond donors (Lipinski definition) is 1. The van der Waals surface area contributed by atoms with Crippen molar-refractivity contribution in [2.75, 3.05) is 26.2 Å². The van der Waals surface area contributed by atoms with E-state index >= 15 is 0 Å². The molecule has 0 saturated carbocycles. The van der Waals surface area contributed by atoms with Gasteiger partial charge in [-0.15, -0.1) is 5.10 Å². The van der Waals surface area contributed by atoms with Gasteiger partial charge in [0.05, 0.1) is 16.3 Å². The first kappa shape index (κ1) is 29.6. The Bertz CT molecular complexity index is 1870. The first-order chi connectivity index (χ1) is 20.6. The van der Waals surface area contributed by atoms with Crippen LogP contribution in [0.5, 0.6) is 0 Å². The van der Waals surface area contributed by atoms with Crippen molar-refractivity contribution < 1.29 is 16.8 Å². The number of piperidine rings is 1. The number of aromatic nitrogens is 5. The Hall–Kier alpha value is -3.46. The topological polar surface area (TPSA) is 151 Å². The standard InChI is InChI=1S/C29H35N7O5S2/c1-21-6-8-22(9-7-21)20-36-28-26(32-33-36)29(37)31-27(30-28)23-14-18-35(19-15-23)43(40,41)25-12-10-24(11-13-25)42(38,39)34-16-4-2-3-5-17-34/h6-13,23H,2-5,14-20H2,1H3,(H,30,31,37). The number of benzene rings is 2. The van der Waals surface area contributed by atoms with Gasteiger partial charge in [0.1, 0.15) is 5.82 Å². The highest BCUT2D eigenvalue weighted by molar-refractivity contribution is 7.89. The summed E-state index contributed by atoms with van der Waals surface area (Å²) in [5.74, 6) is 0.345. The maximum Gasteiger partial charge on any atom is 0.281 e. The molecule has 0 spiro atoms. The van der Waals surface area contributed by atoms with Gasteiger partial charge in [0.25, 0.3) is 5.56 Å². The highest BCUT2D eigenvalue weighted by atomic mass is 32.2. The molecule has 0 atom stereocenters. The number of H-pyrrole nitrogens is 1. The monoisotopic (exact) mass is 625 g/mol. The molecular formula is C29H35N7O5S2. The van der Waals surface area contributed by atoms with E-state index in [1.54, 1.807) is 4.68 Å². The second-order valence-corrected chi connectivity index (χ2v) is 15.2.